The molecule has 5 atom stereocenters. The van der Waals surface area contributed by atoms with Crippen LogP contribution in [0.25, 0.3) is 0 Å². The molecule has 0 aromatic heterocycles. The minimum absolute atomic E-state index is 0.000197. The van der Waals surface area contributed by atoms with Crippen LogP contribution in [0.2, 0.25) is 0 Å². The van der Waals surface area contributed by atoms with Gasteiger partial charge in [0, 0.05) is 18.6 Å². The number of carboxylic acids is 1. The summed E-state index contributed by atoms with van der Waals surface area (Å²) in [6.45, 7) is 7.02. The number of urea groups is 1. The Hall–Kier alpha value is -1.26. The Labute approximate surface area is 127 Å². The largest absolute Gasteiger partial charge is 0.481 e. The Bertz CT molecular complexity index is 399. The van der Waals surface area contributed by atoms with Gasteiger partial charge in [0.2, 0.25) is 0 Å². The van der Waals surface area contributed by atoms with Crippen LogP contribution in [0.1, 0.15) is 52.9 Å². The van der Waals surface area contributed by atoms with E-state index in [-0.39, 0.29) is 24.0 Å². The van der Waals surface area contributed by atoms with E-state index in [9.17, 15) is 9.59 Å². The second-order valence-corrected chi connectivity index (χ2v) is 7.02. The molecule has 2 aliphatic rings. The number of aliphatic carboxylic acids is 1. The molecule has 2 fully saturated rings. The van der Waals surface area contributed by atoms with Gasteiger partial charge in [0.15, 0.2) is 0 Å². The second-order valence-electron chi connectivity index (χ2n) is 7.02. The lowest BCUT2D eigenvalue weighted by atomic mass is 9.79. The third-order valence-corrected chi connectivity index (χ3v) is 5.41. The number of likely N-dealkylation sites (tertiary alicyclic amines) is 1. The van der Waals surface area contributed by atoms with Crippen molar-refractivity contribution in [2.75, 3.05) is 6.54 Å². The monoisotopic (exact) mass is 296 g/mol. The fraction of sp³-hybridized carbons (Fsp3) is 0.875. The quantitative estimate of drug-likeness (QED) is 0.823. The smallest absolute Gasteiger partial charge is 0.317 e. The predicted molar refractivity (Wildman–Crippen MR) is 81.0 cm³/mol. The minimum atomic E-state index is -0.739. The first-order chi connectivity index (χ1) is 9.88. The zero-order valence-corrected chi connectivity index (χ0v) is 13.3. The summed E-state index contributed by atoms with van der Waals surface area (Å²) in [6, 6.07) is 0.256. The van der Waals surface area contributed by atoms with E-state index in [0.29, 0.717) is 25.3 Å². The minimum Gasteiger partial charge on any atom is -0.481 e. The molecule has 1 aliphatic carbocycles. The second kappa shape index (κ2) is 6.67. The highest BCUT2D eigenvalue weighted by atomic mass is 16.4. The maximum atomic E-state index is 12.4. The average Bonchev–Trinajstić information content (AvgIpc) is 2.42. The zero-order chi connectivity index (χ0) is 15.6. The van der Waals surface area contributed by atoms with E-state index in [4.69, 9.17) is 5.11 Å². The Kier molecular flexibility index (Phi) is 5.12. The molecular weight excluding hydrogens is 268 g/mol. The van der Waals surface area contributed by atoms with Crippen molar-refractivity contribution >= 4 is 12.0 Å². The summed E-state index contributed by atoms with van der Waals surface area (Å²) >= 11 is 0. The first-order valence-corrected chi connectivity index (χ1v) is 8.18. The van der Waals surface area contributed by atoms with Crippen molar-refractivity contribution in [1.29, 1.82) is 0 Å². The fourth-order valence-corrected chi connectivity index (χ4v) is 3.63. The maximum Gasteiger partial charge on any atom is 0.317 e. The number of carboxylic acid groups (broad SMARTS) is 1. The third kappa shape index (κ3) is 3.89. The SMILES string of the molecule is CC1CCC(NC(=O)N2CCC(C(=O)O)CC2C)CC1C. The van der Waals surface area contributed by atoms with Gasteiger partial charge in [-0.25, -0.2) is 4.79 Å². The van der Waals surface area contributed by atoms with Crippen LogP contribution in [0.4, 0.5) is 4.79 Å². The van der Waals surface area contributed by atoms with Crippen LogP contribution >= 0.6 is 0 Å². The van der Waals surface area contributed by atoms with E-state index in [1.165, 1.54) is 6.42 Å². The lowest BCUT2D eigenvalue weighted by Crippen LogP contribution is -2.53. The standard InChI is InChI=1S/C16H28N2O3/c1-10-4-5-14(8-11(10)2)17-16(21)18-7-6-13(15(19)20)9-12(18)3/h10-14H,4-9H2,1-3H3,(H,17,21)(H,19,20). The summed E-state index contributed by atoms with van der Waals surface area (Å²) in [6.07, 6.45) is 4.39. The molecule has 21 heavy (non-hydrogen) atoms. The van der Waals surface area contributed by atoms with Gasteiger partial charge in [0.25, 0.3) is 0 Å². The van der Waals surface area contributed by atoms with Crippen LogP contribution in [0.5, 0.6) is 0 Å². The number of nitrogens with one attached hydrogen (secondary N) is 1. The lowest BCUT2D eigenvalue weighted by molar-refractivity contribution is -0.143. The molecule has 5 nitrogen and oxygen atoms in total. The van der Waals surface area contributed by atoms with Gasteiger partial charge in [-0.3, -0.25) is 4.79 Å². The molecular formula is C16H28N2O3. The summed E-state index contributed by atoms with van der Waals surface area (Å²) in [5.41, 5.74) is 0. The van der Waals surface area contributed by atoms with Crippen molar-refractivity contribution in [2.45, 2.75) is 65.0 Å². The predicted octanol–water partition coefficient (Wildman–Crippen LogP) is 2.71. The summed E-state index contributed by atoms with van der Waals surface area (Å²) in [7, 11) is 0. The van der Waals surface area contributed by atoms with E-state index in [2.05, 4.69) is 19.2 Å². The zero-order valence-electron chi connectivity index (χ0n) is 13.3. The number of carbonyl (C=O) groups excluding carboxylic acids is 1. The van der Waals surface area contributed by atoms with E-state index in [1.807, 2.05) is 11.8 Å². The molecule has 0 aromatic carbocycles. The first-order valence-electron chi connectivity index (χ1n) is 8.18. The van der Waals surface area contributed by atoms with Gasteiger partial charge in [0.05, 0.1) is 5.92 Å². The van der Waals surface area contributed by atoms with Gasteiger partial charge in [0.1, 0.15) is 0 Å². The molecule has 5 unspecified atom stereocenters. The maximum absolute atomic E-state index is 12.4. The van der Waals surface area contributed by atoms with Gasteiger partial charge < -0.3 is 15.3 Å². The van der Waals surface area contributed by atoms with Crippen LogP contribution in [0.3, 0.4) is 0 Å². The Morgan fingerprint density at radius 3 is 2.33 bits per heavy atom. The van der Waals surface area contributed by atoms with Gasteiger partial charge in [-0.15, -0.1) is 0 Å². The third-order valence-electron chi connectivity index (χ3n) is 5.41. The van der Waals surface area contributed by atoms with Crippen molar-refractivity contribution in [3.63, 3.8) is 0 Å². The molecule has 0 radical (unpaired) electrons. The van der Waals surface area contributed by atoms with Crippen LogP contribution in [0.15, 0.2) is 0 Å². The molecule has 0 aromatic rings. The highest BCUT2D eigenvalue weighted by molar-refractivity contribution is 5.76. The highest BCUT2D eigenvalue weighted by Gasteiger charge is 2.33. The topological polar surface area (TPSA) is 69.6 Å². The molecule has 2 amide bonds. The number of amides is 2. The molecule has 1 aliphatic heterocycles. The van der Waals surface area contributed by atoms with Gasteiger partial charge in [-0.2, -0.15) is 0 Å². The van der Waals surface area contributed by atoms with E-state index in [0.717, 1.165) is 18.8 Å². The molecule has 0 bridgehead atoms. The molecule has 5 heteroatoms. The molecule has 1 saturated heterocycles. The molecule has 1 heterocycles. The van der Waals surface area contributed by atoms with E-state index < -0.39 is 5.97 Å². The Morgan fingerprint density at radius 1 is 1.05 bits per heavy atom. The van der Waals surface area contributed by atoms with Crippen molar-refractivity contribution in [2.24, 2.45) is 17.8 Å². The van der Waals surface area contributed by atoms with Crippen LogP contribution < -0.4 is 5.32 Å². The highest BCUT2D eigenvalue weighted by Crippen LogP contribution is 2.30. The average molecular weight is 296 g/mol. The van der Waals surface area contributed by atoms with Gasteiger partial charge in [-0.1, -0.05) is 13.8 Å². The van der Waals surface area contributed by atoms with Gasteiger partial charge >= 0.3 is 12.0 Å². The molecule has 120 valence electrons. The summed E-state index contributed by atoms with van der Waals surface area (Å²) in [4.78, 5) is 25.3. The van der Waals surface area contributed by atoms with Crippen molar-refractivity contribution < 1.29 is 14.7 Å². The fourth-order valence-electron chi connectivity index (χ4n) is 3.63. The summed E-state index contributed by atoms with van der Waals surface area (Å²) < 4.78 is 0. The van der Waals surface area contributed by atoms with Crippen LogP contribution in [0, 0.1) is 17.8 Å². The number of hydrogen-bond donors (Lipinski definition) is 2. The Morgan fingerprint density at radius 2 is 1.76 bits per heavy atom. The number of piperidine rings is 1. The number of nitrogens with zero attached hydrogens (tertiary/aromatic N) is 1. The van der Waals surface area contributed by atoms with Crippen molar-refractivity contribution in [3.05, 3.63) is 0 Å². The molecule has 2 N–H and O–H groups in total. The summed E-state index contributed by atoms with van der Waals surface area (Å²) in [5.74, 6) is 0.346. The van der Waals surface area contributed by atoms with Crippen molar-refractivity contribution in [3.8, 4) is 0 Å². The normalized spacial score (nSPS) is 37.1. The number of hydrogen-bond acceptors (Lipinski definition) is 2. The first kappa shape index (κ1) is 16.1. The van der Waals surface area contributed by atoms with E-state index in [1.54, 1.807) is 0 Å². The molecule has 2 rings (SSSR count). The van der Waals surface area contributed by atoms with E-state index >= 15 is 0 Å². The summed E-state index contributed by atoms with van der Waals surface area (Å²) in [5, 5.41) is 12.2. The number of rotatable bonds is 2. The van der Waals surface area contributed by atoms with Crippen molar-refractivity contribution in [1.82, 2.24) is 10.2 Å². The lowest BCUT2D eigenvalue weighted by Gasteiger charge is -2.39. The van der Waals surface area contributed by atoms with Crippen LogP contribution in [-0.4, -0.2) is 40.6 Å². The molecule has 1 saturated carbocycles. The molecule has 0 spiro atoms. The van der Waals surface area contributed by atoms with Crippen LogP contribution in [-0.2, 0) is 4.79 Å². The van der Waals surface area contributed by atoms with Gasteiger partial charge in [-0.05, 0) is 50.9 Å². The number of carbonyl (C=O) groups is 2. The Balaban J connectivity index is 1.85.